The lowest BCUT2D eigenvalue weighted by molar-refractivity contribution is -0.0329. The average Bonchev–Trinajstić information content (AvgIpc) is 2.91. The van der Waals surface area contributed by atoms with Crippen molar-refractivity contribution in [3.63, 3.8) is 0 Å². The maximum atomic E-state index is 10.0. The molecule has 0 amide bonds. The highest BCUT2D eigenvalue weighted by atomic mass is 16.5. The van der Waals surface area contributed by atoms with E-state index in [1.54, 1.807) is 0 Å². The molecule has 0 bridgehead atoms. The molecule has 2 aliphatic carbocycles. The molecular weight excluding hydrogens is 238 g/mol. The molecule has 0 aromatic carbocycles. The SMILES string of the molecule is CCNC1CCC(OCC(O)CC2CCCC2)CC1. The molecule has 0 saturated heterocycles. The molecule has 1 unspecified atom stereocenters. The number of ether oxygens (including phenoxy) is 1. The van der Waals surface area contributed by atoms with Crippen LogP contribution in [0.3, 0.4) is 0 Å². The molecule has 0 aromatic rings. The molecule has 3 heteroatoms. The van der Waals surface area contributed by atoms with Crippen molar-refractivity contribution < 1.29 is 9.84 Å². The Labute approximate surface area is 118 Å². The van der Waals surface area contributed by atoms with Gasteiger partial charge in [0.1, 0.15) is 0 Å². The Morgan fingerprint density at radius 1 is 1.11 bits per heavy atom. The largest absolute Gasteiger partial charge is 0.391 e. The van der Waals surface area contributed by atoms with Gasteiger partial charge in [-0.05, 0) is 44.6 Å². The maximum absolute atomic E-state index is 10.0. The fraction of sp³-hybridized carbons (Fsp3) is 1.00. The van der Waals surface area contributed by atoms with Crippen molar-refractivity contribution in [1.82, 2.24) is 5.32 Å². The third-order valence-corrected chi connectivity index (χ3v) is 4.77. The lowest BCUT2D eigenvalue weighted by Gasteiger charge is -2.29. The van der Waals surface area contributed by atoms with E-state index in [0.717, 1.165) is 31.7 Å². The summed E-state index contributed by atoms with van der Waals surface area (Å²) < 4.78 is 5.90. The smallest absolute Gasteiger partial charge is 0.0776 e. The van der Waals surface area contributed by atoms with Gasteiger partial charge < -0.3 is 15.2 Å². The van der Waals surface area contributed by atoms with Crippen LogP contribution in [0.1, 0.15) is 64.7 Å². The predicted molar refractivity (Wildman–Crippen MR) is 78.3 cm³/mol. The van der Waals surface area contributed by atoms with Crippen LogP contribution in [0.25, 0.3) is 0 Å². The van der Waals surface area contributed by atoms with E-state index in [-0.39, 0.29) is 6.10 Å². The fourth-order valence-electron chi connectivity index (χ4n) is 3.67. The number of hydrogen-bond acceptors (Lipinski definition) is 3. The van der Waals surface area contributed by atoms with Gasteiger partial charge in [0.05, 0.1) is 18.8 Å². The second kappa shape index (κ2) is 8.23. The number of nitrogens with one attached hydrogen (secondary N) is 1. The Morgan fingerprint density at radius 2 is 1.79 bits per heavy atom. The lowest BCUT2D eigenvalue weighted by Crippen LogP contribution is -2.36. The van der Waals surface area contributed by atoms with E-state index < -0.39 is 0 Å². The average molecular weight is 269 g/mol. The molecular formula is C16H31NO2. The molecule has 112 valence electrons. The standard InChI is InChI=1S/C16H31NO2/c1-2-17-14-7-9-16(10-8-14)19-12-15(18)11-13-5-3-4-6-13/h13-18H,2-12H2,1H3. The van der Waals surface area contributed by atoms with Crippen LogP contribution in [0.15, 0.2) is 0 Å². The van der Waals surface area contributed by atoms with Gasteiger partial charge >= 0.3 is 0 Å². The van der Waals surface area contributed by atoms with Crippen molar-refractivity contribution in [2.45, 2.75) is 83.0 Å². The second-order valence-electron chi connectivity index (χ2n) is 6.40. The zero-order chi connectivity index (χ0) is 13.5. The summed E-state index contributed by atoms with van der Waals surface area (Å²) in [6.45, 7) is 3.78. The van der Waals surface area contributed by atoms with Crippen molar-refractivity contribution >= 4 is 0 Å². The van der Waals surface area contributed by atoms with E-state index in [4.69, 9.17) is 4.74 Å². The van der Waals surface area contributed by atoms with Crippen molar-refractivity contribution in [2.24, 2.45) is 5.92 Å². The maximum Gasteiger partial charge on any atom is 0.0776 e. The van der Waals surface area contributed by atoms with Gasteiger partial charge in [0.15, 0.2) is 0 Å². The first-order chi connectivity index (χ1) is 9.28. The first-order valence-corrected chi connectivity index (χ1v) is 8.31. The molecule has 19 heavy (non-hydrogen) atoms. The molecule has 2 N–H and O–H groups in total. The summed E-state index contributed by atoms with van der Waals surface area (Å²) in [5, 5.41) is 13.6. The summed E-state index contributed by atoms with van der Waals surface area (Å²) in [6, 6.07) is 0.688. The van der Waals surface area contributed by atoms with E-state index in [2.05, 4.69) is 12.2 Å². The molecule has 0 aliphatic heterocycles. The molecule has 3 nitrogen and oxygen atoms in total. The van der Waals surface area contributed by atoms with Crippen LogP contribution in [0.5, 0.6) is 0 Å². The molecule has 2 aliphatic rings. The van der Waals surface area contributed by atoms with E-state index in [9.17, 15) is 5.11 Å². The molecule has 0 heterocycles. The highest BCUT2D eigenvalue weighted by molar-refractivity contribution is 4.78. The van der Waals surface area contributed by atoms with Gasteiger partial charge in [-0.1, -0.05) is 32.6 Å². The fourth-order valence-corrected chi connectivity index (χ4v) is 3.67. The van der Waals surface area contributed by atoms with Crippen molar-refractivity contribution in [1.29, 1.82) is 0 Å². The van der Waals surface area contributed by atoms with Gasteiger partial charge in [-0.25, -0.2) is 0 Å². The summed E-state index contributed by atoms with van der Waals surface area (Å²) in [7, 11) is 0. The molecule has 0 spiro atoms. The van der Waals surface area contributed by atoms with Gasteiger partial charge in [0.25, 0.3) is 0 Å². The van der Waals surface area contributed by atoms with E-state index >= 15 is 0 Å². The Balaban J connectivity index is 1.55. The molecule has 2 rings (SSSR count). The topological polar surface area (TPSA) is 41.5 Å². The second-order valence-corrected chi connectivity index (χ2v) is 6.40. The summed E-state index contributed by atoms with van der Waals surface area (Å²) in [5.41, 5.74) is 0. The minimum atomic E-state index is -0.241. The number of aliphatic hydroxyl groups is 1. The van der Waals surface area contributed by atoms with E-state index in [0.29, 0.717) is 18.8 Å². The number of aliphatic hydroxyl groups excluding tert-OH is 1. The lowest BCUT2D eigenvalue weighted by atomic mass is 9.93. The van der Waals surface area contributed by atoms with Gasteiger partial charge in [-0.3, -0.25) is 0 Å². The summed E-state index contributed by atoms with van der Waals surface area (Å²) in [5.74, 6) is 0.753. The zero-order valence-electron chi connectivity index (χ0n) is 12.4. The highest BCUT2D eigenvalue weighted by Gasteiger charge is 2.23. The normalized spacial score (nSPS) is 30.6. The van der Waals surface area contributed by atoms with Crippen molar-refractivity contribution in [3.8, 4) is 0 Å². The summed E-state index contributed by atoms with van der Waals surface area (Å²) in [6.07, 6.45) is 11.2. The van der Waals surface area contributed by atoms with E-state index in [1.807, 2.05) is 0 Å². The first kappa shape index (κ1) is 15.3. The van der Waals surface area contributed by atoms with Crippen molar-refractivity contribution in [2.75, 3.05) is 13.2 Å². The number of hydrogen-bond donors (Lipinski definition) is 2. The van der Waals surface area contributed by atoms with Gasteiger partial charge in [0.2, 0.25) is 0 Å². The summed E-state index contributed by atoms with van der Waals surface area (Å²) in [4.78, 5) is 0. The Morgan fingerprint density at radius 3 is 2.42 bits per heavy atom. The molecule has 2 saturated carbocycles. The molecule has 0 aromatic heterocycles. The van der Waals surface area contributed by atoms with Gasteiger partial charge in [-0.15, -0.1) is 0 Å². The van der Waals surface area contributed by atoms with Crippen molar-refractivity contribution in [3.05, 3.63) is 0 Å². The first-order valence-electron chi connectivity index (χ1n) is 8.31. The third-order valence-electron chi connectivity index (χ3n) is 4.77. The van der Waals surface area contributed by atoms with Crippen LogP contribution in [0, 0.1) is 5.92 Å². The molecule has 0 radical (unpaired) electrons. The predicted octanol–water partition coefficient (Wildman–Crippen LogP) is 2.86. The summed E-state index contributed by atoms with van der Waals surface area (Å²) >= 11 is 0. The highest BCUT2D eigenvalue weighted by Crippen LogP contribution is 2.29. The molecule has 2 fully saturated rings. The molecule has 1 atom stereocenters. The van der Waals surface area contributed by atoms with Crippen LogP contribution in [-0.4, -0.2) is 36.5 Å². The quantitative estimate of drug-likeness (QED) is 0.747. The van der Waals surface area contributed by atoms with Gasteiger partial charge in [0, 0.05) is 6.04 Å². The van der Waals surface area contributed by atoms with E-state index in [1.165, 1.54) is 38.5 Å². The van der Waals surface area contributed by atoms with Crippen LogP contribution >= 0.6 is 0 Å². The van der Waals surface area contributed by atoms with Crippen LogP contribution in [0.2, 0.25) is 0 Å². The Hall–Kier alpha value is -0.120. The monoisotopic (exact) mass is 269 g/mol. The third kappa shape index (κ3) is 5.41. The van der Waals surface area contributed by atoms with Gasteiger partial charge in [-0.2, -0.15) is 0 Å². The van der Waals surface area contributed by atoms with Crippen LogP contribution in [0.4, 0.5) is 0 Å². The minimum absolute atomic E-state index is 0.241. The Bertz CT molecular complexity index is 233. The van der Waals surface area contributed by atoms with Crippen LogP contribution in [-0.2, 0) is 4.74 Å². The Kier molecular flexibility index (Phi) is 6.62. The minimum Gasteiger partial charge on any atom is -0.391 e. The van der Waals surface area contributed by atoms with Crippen LogP contribution < -0.4 is 5.32 Å². The zero-order valence-corrected chi connectivity index (χ0v) is 12.4. The number of rotatable bonds is 7.